The van der Waals surface area contributed by atoms with Gasteiger partial charge < -0.3 is 49.3 Å². The molecule has 1 aromatic heterocycles. The number of benzene rings is 2. The second kappa shape index (κ2) is 8.83. The molecule has 0 radical (unpaired) electrons. The smallest absolute Gasteiger partial charge is 0.335 e. The number of aliphatic hydroxyl groups is 3. The van der Waals surface area contributed by atoms with Crippen LogP contribution in [0.1, 0.15) is 0 Å². The number of aliphatic hydroxyl groups excluding tert-OH is 3. The molecule has 1 saturated heterocycles. The molecule has 5 atom stereocenters. The van der Waals surface area contributed by atoms with Crippen LogP contribution in [0.15, 0.2) is 45.6 Å². The van der Waals surface area contributed by atoms with Crippen LogP contribution in [0, 0.1) is 0 Å². The third kappa shape index (κ3) is 3.99. The van der Waals surface area contributed by atoms with Gasteiger partial charge in [-0.2, -0.15) is 0 Å². The van der Waals surface area contributed by atoms with Gasteiger partial charge in [-0.05, 0) is 24.3 Å². The lowest BCUT2D eigenvalue weighted by Gasteiger charge is -2.38. The first-order chi connectivity index (χ1) is 16.1. The monoisotopic (exact) mass is 476 g/mol. The van der Waals surface area contributed by atoms with Crippen molar-refractivity contribution in [2.24, 2.45) is 0 Å². The van der Waals surface area contributed by atoms with Gasteiger partial charge in [0.2, 0.25) is 17.5 Å². The van der Waals surface area contributed by atoms with E-state index in [2.05, 4.69) is 0 Å². The molecule has 3 aromatic rings. The Hall–Kier alpha value is -3.84. The molecule has 0 aliphatic carbocycles. The molecule has 34 heavy (non-hydrogen) atoms. The van der Waals surface area contributed by atoms with Gasteiger partial charge in [-0.3, -0.25) is 4.79 Å². The van der Waals surface area contributed by atoms with Gasteiger partial charge >= 0.3 is 5.97 Å². The number of fused-ring (bicyclic) bond motifs is 1. The summed E-state index contributed by atoms with van der Waals surface area (Å²) in [7, 11) is 1.34. The maximum absolute atomic E-state index is 13.4. The first-order valence-electron chi connectivity index (χ1n) is 9.88. The van der Waals surface area contributed by atoms with E-state index in [1.165, 1.54) is 37.4 Å². The minimum Gasteiger partial charge on any atom is -0.508 e. The van der Waals surface area contributed by atoms with E-state index >= 15 is 0 Å². The van der Waals surface area contributed by atoms with E-state index in [4.69, 9.17) is 18.6 Å². The van der Waals surface area contributed by atoms with E-state index < -0.39 is 53.6 Å². The van der Waals surface area contributed by atoms with Gasteiger partial charge in [0.1, 0.15) is 46.5 Å². The molecule has 1 aliphatic rings. The lowest BCUT2D eigenvalue weighted by atomic mass is 9.99. The fraction of sp³-hybridized carbons (Fsp3) is 0.273. The number of phenols is 2. The zero-order chi connectivity index (χ0) is 24.7. The molecule has 2 heterocycles. The topological polar surface area (TPSA) is 196 Å². The van der Waals surface area contributed by atoms with Crippen LogP contribution in [0.4, 0.5) is 0 Å². The lowest BCUT2D eigenvalue weighted by molar-refractivity contribution is -0.271. The summed E-state index contributed by atoms with van der Waals surface area (Å²) in [6, 6.07) is 7.90. The molecule has 2 unspecified atom stereocenters. The molecule has 1 aliphatic heterocycles. The van der Waals surface area contributed by atoms with Gasteiger partial charge in [0.05, 0.1) is 7.11 Å². The van der Waals surface area contributed by atoms with Gasteiger partial charge in [-0.15, -0.1) is 0 Å². The average molecular weight is 476 g/mol. The zero-order valence-electron chi connectivity index (χ0n) is 17.5. The molecule has 0 amide bonds. The highest BCUT2D eigenvalue weighted by Crippen LogP contribution is 2.37. The molecule has 1 fully saturated rings. The van der Waals surface area contributed by atoms with Crippen molar-refractivity contribution in [1.29, 1.82) is 0 Å². The van der Waals surface area contributed by atoms with Crippen LogP contribution in [-0.2, 0) is 9.53 Å². The molecule has 12 heteroatoms. The van der Waals surface area contributed by atoms with Gasteiger partial charge in [0, 0.05) is 17.7 Å². The molecule has 6 N–H and O–H groups in total. The van der Waals surface area contributed by atoms with Crippen molar-refractivity contribution < 1.29 is 54.1 Å². The number of phenolic OH excluding ortho intramolecular Hbond substituents is 2. The average Bonchev–Trinajstić information content (AvgIpc) is 2.80. The van der Waals surface area contributed by atoms with E-state index in [1.54, 1.807) is 0 Å². The Balaban J connectivity index is 1.90. The standard InChI is InChI=1S/C22H20O12/c1-31-10-6-11(24)13-12(7-10)32-18(8-2-4-9(23)5-3-8)19(14(13)25)33-22-17(28)15(26)16(27)20(34-22)21(29)30/h2-7,15-17,20,22-24,26-28H,1H3,(H,29,30)/t15?,16-,17?,20-,22+/m0/s1. The van der Waals surface area contributed by atoms with E-state index in [0.717, 1.165) is 6.07 Å². The van der Waals surface area contributed by atoms with Crippen LogP contribution in [0.5, 0.6) is 23.0 Å². The number of aliphatic carboxylic acids is 1. The second-order valence-electron chi connectivity index (χ2n) is 7.51. The Bertz CT molecular complexity index is 1280. The fourth-order valence-electron chi connectivity index (χ4n) is 3.55. The van der Waals surface area contributed by atoms with Crippen molar-refractivity contribution in [2.45, 2.75) is 30.7 Å². The largest absolute Gasteiger partial charge is 0.508 e. The highest BCUT2D eigenvalue weighted by Gasteiger charge is 2.48. The summed E-state index contributed by atoms with van der Waals surface area (Å²) in [6.45, 7) is 0. The predicted octanol–water partition coefficient (Wildman–Crippen LogP) is 0.151. The van der Waals surface area contributed by atoms with Gasteiger partial charge in [0.15, 0.2) is 11.9 Å². The van der Waals surface area contributed by atoms with Crippen LogP contribution < -0.4 is 14.9 Å². The van der Waals surface area contributed by atoms with E-state index in [-0.39, 0.29) is 33.8 Å². The van der Waals surface area contributed by atoms with Crippen LogP contribution in [0.2, 0.25) is 0 Å². The zero-order valence-corrected chi connectivity index (χ0v) is 17.5. The van der Waals surface area contributed by atoms with Crippen molar-refractivity contribution >= 4 is 16.9 Å². The summed E-state index contributed by atoms with van der Waals surface area (Å²) in [5.41, 5.74) is -0.760. The Morgan fingerprint density at radius 1 is 1.00 bits per heavy atom. The number of carboxylic acids is 1. The normalized spacial score (nSPS) is 24.6. The molecule has 0 spiro atoms. The minimum absolute atomic E-state index is 0.0822. The Kier molecular flexibility index (Phi) is 6.06. The van der Waals surface area contributed by atoms with Gasteiger partial charge in [-0.1, -0.05) is 0 Å². The molecule has 2 aromatic carbocycles. The van der Waals surface area contributed by atoms with Crippen LogP contribution in [0.25, 0.3) is 22.3 Å². The number of hydrogen-bond acceptors (Lipinski definition) is 11. The minimum atomic E-state index is -1.97. The number of methoxy groups -OCH3 is 1. The summed E-state index contributed by atoms with van der Waals surface area (Å²) in [6.07, 6.45) is -9.75. The van der Waals surface area contributed by atoms with Crippen molar-refractivity contribution in [3.8, 4) is 34.3 Å². The molecule has 180 valence electrons. The number of carbonyl (C=O) groups is 1. The van der Waals surface area contributed by atoms with Crippen LogP contribution in [-0.4, -0.2) is 74.4 Å². The van der Waals surface area contributed by atoms with E-state index in [9.17, 15) is 40.2 Å². The Labute approximate surface area is 190 Å². The SMILES string of the molecule is COc1cc(O)c2c(=O)c(O[C@@H]3O[C@H](C(=O)O)[C@@H](O)C(O)C3O)c(-c3ccc(O)cc3)oc2c1. The quantitative estimate of drug-likeness (QED) is 0.292. The summed E-state index contributed by atoms with van der Waals surface area (Å²) in [5.74, 6) is -2.84. The first kappa shape index (κ1) is 23.3. The predicted molar refractivity (Wildman–Crippen MR) is 113 cm³/mol. The maximum Gasteiger partial charge on any atom is 0.335 e. The molecule has 0 bridgehead atoms. The molecule has 4 rings (SSSR count). The summed E-state index contributed by atoms with van der Waals surface area (Å²) in [4.78, 5) is 24.8. The number of ether oxygens (including phenoxy) is 3. The summed E-state index contributed by atoms with van der Waals surface area (Å²) in [5, 5.41) is 59.2. The molecule has 0 saturated carbocycles. The molecular weight excluding hydrogens is 456 g/mol. The van der Waals surface area contributed by atoms with Crippen molar-refractivity contribution in [3.63, 3.8) is 0 Å². The maximum atomic E-state index is 13.4. The van der Waals surface area contributed by atoms with Crippen LogP contribution >= 0.6 is 0 Å². The summed E-state index contributed by atoms with van der Waals surface area (Å²) >= 11 is 0. The van der Waals surface area contributed by atoms with E-state index in [1.807, 2.05) is 0 Å². The first-order valence-corrected chi connectivity index (χ1v) is 9.88. The number of aromatic hydroxyl groups is 2. The second-order valence-corrected chi connectivity index (χ2v) is 7.51. The number of rotatable bonds is 5. The van der Waals surface area contributed by atoms with Gasteiger partial charge in [0.25, 0.3) is 0 Å². The van der Waals surface area contributed by atoms with Crippen molar-refractivity contribution in [3.05, 3.63) is 46.6 Å². The fourth-order valence-corrected chi connectivity index (χ4v) is 3.55. The third-order valence-electron chi connectivity index (χ3n) is 5.32. The van der Waals surface area contributed by atoms with Crippen LogP contribution in [0.3, 0.4) is 0 Å². The summed E-state index contributed by atoms with van der Waals surface area (Å²) < 4.78 is 21.5. The highest BCUT2D eigenvalue weighted by atomic mass is 16.7. The Morgan fingerprint density at radius 3 is 2.29 bits per heavy atom. The third-order valence-corrected chi connectivity index (χ3v) is 5.32. The van der Waals surface area contributed by atoms with Crippen molar-refractivity contribution in [2.75, 3.05) is 7.11 Å². The van der Waals surface area contributed by atoms with E-state index in [0.29, 0.717) is 0 Å². The number of carboxylic acid groups (broad SMARTS) is 1. The number of hydrogen-bond donors (Lipinski definition) is 6. The highest BCUT2D eigenvalue weighted by molar-refractivity contribution is 5.88. The molecular formula is C22H20O12. The molecule has 12 nitrogen and oxygen atoms in total. The van der Waals surface area contributed by atoms with Gasteiger partial charge in [-0.25, -0.2) is 4.79 Å². The lowest BCUT2D eigenvalue weighted by Crippen LogP contribution is -2.61. The Morgan fingerprint density at radius 2 is 1.68 bits per heavy atom. The van der Waals surface area contributed by atoms with Crippen molar-refractivity contribution in [1.82, 2.24) is 0 Å².